The van der Waals surface area contributed by atoms with Gasteiger partial charge in [-0.15, -0.1) is 0 Å². The van der Waals surface area contributed by atoms with Gasteiger partial charge in [0.15, 0.2) is 9.84 Å². The number of benzene rings is 1. The maximum atomic E-state index is 11.2. The minimum absolute atomic E-state index is 0.0407. The second-order valence-corrected chi connectivity index (χ2v) is 6.74. The molecular weight excluding hydrogens is 294 g/mol. The molecule has 0 saturated carbocycles. The molecule has 0 aromatic heterocycles. The molecule has 116 valence electrons. The predicted octanol–water partition coefficient (Wildman–Crippen LogP) is 0.335. The first-order chi connectivity index (χ1) is 9.98. The number of rotatable bonds is 7. The number of methoxy groups -OCH3 is 1. The van der Waals surface area contributed by atoms with E-state index in [4.69, 9.17) is 9.47 Å². The van der Waals surface area contributed by atoms with Crippen molar-refractivity contribution in [2.75, 3.05) is 26.0 Å². The molecule has 1 aromatic rings. The summed E-state index contributed by atoms with van der Waals surface area (Å²) in [5, 5.41) is 14.0. The molecule has 0 bridgehead atoms. The summed E-state index contributed by atoms with van der Waals surface area (Å²) < 4.78 is 32.9. The van der Waals surface area contributed by atoms with Crippen LogP contribution in [0.25, 0.3) is 0 Å². The zero-order chi connectivity index (χ0) is 15.3. The number of hydrogen-bond acceptors (Lipinski definition) is 6. The van der Waals surface area contributed by atoms with Crippen molar-refractivity contribution >= 4 is 9.84 Å². The molecule has 1 aromatic carbocycles. The normalized spacial score (nSPS) is 21.1. The molecule has 0 saturated heterocycles. The van der Waals surface area contributed by atoms with Crippen LogP contribution < -0.4 is 14.8 Å². The molecule has 2 unspecified atom stereocenters. The third-order valence-corrected chi connectivity index (χ3v) is 4.44. The van der Waals surface area contributed by atoms with Crippen LogP contribution in [0.5, 0.6) is 11.5 Å². The van der Waals surface area contributed by atoms with Gasteiger partial charge in [-0.25, -0.2) is 8.42 Å². The summed E-state index contributed by atoms with van der Waals surface area (Å²) in [6.45, 7) is 0.392. The lowest BCUT2D eigenvalue weighted by atomic mass is 10.3. The highest BCUT2D eigenvalue weighted by molar-refractivity contribution is 7.94. The Kier molecular flexibility index (Phi) is 5.22. The standard InChI is InChI=1S/C14H19NO5S/c1-19-13-2-4-14(5-3-13)20-9-12(16)8-15-11-6-7-21(17,18)10-11/h2-7,11-12,15-16H,8-10H2,1H3. The number of aliphatic hydroxyl groups excluding tert-OH is 1. The fourth-order valence-corrected chi connectivity index (χ4v) is 3.18. The van der Waals surface area contributed by atoms with Gasteiger partial charge in [-0.3, -0.25) is 0 Å². The molecule has 1 aliphatic rings. The van der Waals surface area contributed by atoms with Crippen molar-refractivity contribution in [3.8, 4) is 11.5 Å². The predicted molar refractivity (Wildman–Crippen MR) is 79.2 cm³/mol. The number of nitrogens with one attached hydrogen (secondary N) is 1. The van der Waals surface area contributed by atoms with Crippen molar-refractivity contribution in [1.82, 2.24) is 5.32 Å². The van der Waals surface area contributed by atoms with Gasteiger partial charge < -0.3 is 19.9 Å². The molecule has 2 rings (SSSR count). The van der Waals surface area contributed by atoms with Crippen molar-refractivity contribution in [3.63, 3.8) is 0 Å². The summed E-state index contributed by atoms with van der Waals surface area (Å²) in [7, 11) is -1.49. The highest BCUT2D eigenvalue weighted by Crippen LogP contribution is 2.17. The van der Waals surface area contributed by atoms with E-state index in [2.05, 4.69) is 5.32 Å². The molecule has 0 spiro atoms. The van der Waals surface area contributed by atoms with E-state index >= 15 is 0 Å². The molecule has 2 atom stereocenters. The monoisotopic (exact) mass is 313 g/mol. The molecule has 6 nitrogen and oxygen atoms in total. The lowest BCUT2D eigenvalue weighted by Gasteiger charge is -2.15. The van der Waals surface area contributed by atoms with Gasteiger partial charge >= 0.3 is 0 Å². The van der Waals surface area contributed by atoms with Gasteiger partial charge in [-0.05, 0) is 24.3 Å². The van der Waals surface area contributed by atoms with Gasteiger partial charge in [0, 0.05) is 18.0 Å². The summed E-state index contributed by atoms with van der Waals surface area (Å²) in [4.78, 5) is 0. The van der Waals surface area contributed by atoms with Crippen LogP contribution in [0.2, 0.25) is 0 Å². The maximum absolute atomic E-state index is 11.2. The van der Waals surface area contributed by atoms with E-state index in [1.807, 2.05) is 0 Å². The molecule has 2 N–H and O–H groups in total. The average molecular weight is 313 g/mol. The Labute approximate surface area is 124 Å². The molecule has 7 heteroatoms. The fourth-order valence-electron chi connectivity index (χ4n) is 1.91. The number of hydrogen-bond donors (Lipinski definition) is 2. The van der Waals surface area contributed by atoms with E-state index < -0.39 is 15.9 Å². The van der Waals surface area contributed by atoms with Crippen LogP contribution in [0.1, 0.15) is 0 Å². The Hall–Kier alpha value is -1.57. The summed E-state index contributed by atoms with van der Waals surface area (Å²) in [5.41, 5.74) is 0. The quantitative estimate of drug-likeness (QED) is 0.755. The van der Waals surface area contributed by atoms with Crippen LogP contribution in [-0.2, 0) is 9.84 Å². The molecule has 0 radical (unpaired) electrons. The highest BCUT2D eigenvalue weighted by Gasteiger charge is 2.21. The Balaban J connectivity index is 1.70. The zero-order valence-electron chi connectivity index (χ0n) is 11.7. The molecule has 0 aliphatic carbocycles. The highest BCUT2D eigenvalue weighted by atomic mass is 32.2. The lowest BCUT2D eigenvalue weighted by molar-refractivity contribution is 0.105. The van der Waals surface area contributed by atoms with Gasteiger partial charge in [-0.1, -0.05) is 6.08 Å². The van der Waals surface area contributed by atoms with E-state index in [-0.39, 0.29) is 24.9 Å². The van der Waals surface area contributed by atoms with Crippen molar-refractivity contribution in [2.24, 2.45) is 0 Å². The molecular formula is C14H19NO5S. The van der Waals surface area contributed by atoms with E-state index in [0.29, 0.717) is 5.75 Å². The van der Waals surface area contributed by atoms with Gasteiger partial charge in [0.25, 0.3) is 0 Å². The van der Waals surface area contributed by atoms with Gasteiger partial charge in [-0.2, -0.15) is 0 Å². The fraction of sp³-hybridized carbons (Fsp3) is 0.429. The Morgan fingerprint density at radius 3 is 2.57 bits per heavy atom. The Morgan fingerprint density at radius 2 is 2.00 bits per heavy atom. The topological polar surface area (TPSA) is 84.9 Å². The van der Waals surface area contributed by atoms with E-state index in [1.54, 1.807) is 37.5 Å². The smallest absolute Gasteiger partial charge is 0.173 e. The van der Waals surface area contributed by atoms with Crippen LogP contribution in [0, 0.1) is 0 Å². The minimum Gasteiger partial charge on any atom is -0.497 e. The van der Waals surface area contributed by atoms with Crippen molar-refractivity contribution in [2.45, 2.75) is 12.1 Å². The van der Waals surface area contributed by atoms with E-state index in [0.717, 1.165) is 5.75 Å². The summed E-state index contributed by atoms with van der Waals surface area (Å²) in [5.74, 6) is 1.41. The van der Waals surface area contributed by atoms with Gasteiger partial charge in [0.1, 0.15) is 24.2 Å². The number of aliphatic hydroxyl groups is 1. The lowest BCUT2D eigenvalue weighted by Crippen LogP contribution is -2.38. The first-order valence-corrected chi connectivity index (χ1v) is 8.29. The van der Waals surface area contributed by atoms with Crippen LogP contribution in [0.3, 0.4) is 0 Å². The maximum Gasteiger partial charge on any atom is 0.173 e. The molecule has 1 heterocycles. The molecule has 0 fully saturated rings. The summed E-state index contributed by atoms with van der Waals surface area (Å²) in [6.07, 6.45) is 0.871. The Bertz CT molecular complexity index is 582. The minimum atomic E-state index is -3.07. The molecule has 1 aliphatic heterocycles. The average Bonchev–Trinajstić information content (AvgIpc) is 2.83. The Morgan fingerprint density at radius 1 is 1.33 bits per heavy atom. The van der Waals surface area contributed by atoms with Gasteiger partial charge in [0.05, 0.1) is 12.9 Å². The van der Waals surface area contributed by atoms with Gasteiger partial charge in [0.2, 0.25) is 0 Å². The molecule has 21 heavy (non-hydrogen) atoms. The number of ether oxygens (including phenoxy) is 2. The van der Waals surface area contributed by atoms with Crippen LogP contribution in [0.15, 0.2) is 35.7 Å². The van der Waals surface area contributed by atoms with Crippen LogP contribution >= 0.6 is 0 Å². The second kappa shape index (κ2) is 6.93. The van der Waals surface area contributed by atoms with Crippen molar-refractivity contribution in [1.29, 1.82) is 0 Å². The first kappa shape index (κ1) is 15.8. The largest absolute Gasteiger partial charge is 0.497 e. The zero-order valence-corrected chi connectivity index (χ0v) is 12.5. The van der Waals surface area contributed by atoms with Crippen molar-refractivity contribution < 1.29 is 23.0 Å². The second-order valence-electron chi connectivity index (χ2n) is 4.81. The van der Waals surface area contributed by atoms with E-state index in [9.17, 15) is 13.5 Å². The third kappa shape index (κ3) is 5.04. The van der Waals surface area contributed by atoms with Crippen molar-refractivity contribution in [3.05, 3.63) is 35.7 Å². The first-order valence-electron chi connectivity index (χ1n) is 6.58. The van der Waals surface area contributed by atoms with Crippen LogP contribution in [-0.4, -0.2) is 51.7 Å². The van der Waals surface area contributed by atoms with Crippen LogP contribution in [0.4, 0.5) is 0 Å². The molecule has 0 amide bonds. The van der Waals surface area contributed by atoms with E-state index in [1.165, 1.54) is 5.41 Å². The SMILES string of the molecule is COc1ccc(OCC(O)CNC2C=CS(=O)(=O)C2)cc1. The summed E-state index contributed by atoms with van der Waals surface area (Å²) in [6, 6.07) is 6.81. The summed E-state index contributed by atoms with van der Waals surface area (Å²) >= 11 is 0. The third-order valence-electron chi connectivity index (χ3n) is 3.05. The number of sulfone groups is 1.